The van der Waals surface area contributed by atoms with Gasteiger partial charge < -0.3 is 9.47 Å². The second-order valence-electron chi connectivity index (χ2n) is 3.51. The first-order chi connectivity index (χ1) is 8.90. The van der Waals surface area contributed by atoms with E-state index in [-0.39, 0.29) is 12.4 Å². The van der Waals surface area contributed by atoms with E-state index in [4.69, 9.17) is 4.74 Å². The molecule has 0 bridgehead atoms. The first kappa shape index (κ1) is 13.2. The maximum Gasteiger partial charge on any atom is 0.573 e. The van der Waals surface area contributed by atoms with Crippen LogP contribution in [-0.4, -0.2) is 28.3 Å². The first-order valence-corrected chi connectivity index (χ1v) is 5.30. The first-order valence-electron chi connectivity index (χ1n) is 5.30. The van der Waals surface area contributed by atoms with E-state index < -0.39 is 18.1 Å². The van der Waals surface area contributed by atoms with Gasteiger partial charge in [0.05, 0.1) is 24.5 Å². The number of pyridine rings is 1. The minimum Gasteiger partial charge on any atom is -0.460 e. The highest BCUT2D eigenvalue weighted by atomic mass is 19.4. The van der Waals surface area contributed by atoms with Gasteiger partial charge in [-0.15, -0.1) is 13.2 Å². The van der Waals surface area contributed by atoms with Crippen LogP contribution in [0.4, 0.5) is 13.2 Å². The highest BCUT2D eigenvalue weighted by molar-refractivity contribution is 5.86. The molecule has 0 aromatic carbocycles. The molecule has 0 saturated heterocycles. The highest BCUT2D eigenvalue weighted by Crippen LogP contribution is 2.23. The zero-order valence-electron chi connectivity index (χ0n) is 9.77. The van der Waals surface area contributed by atoms with Crippen molar-refractivity contribution in [3.05, 3.63) is 30.4 Å². The monoisotopic (exact) mass is 274 g/mol. The van der Waals surface area contributed by atoms with Crippen LogP contribution < -0.4 is 4.74 Å². The average Bonchev–Trinajstić information content (AvgIpc) is 2.70. The van der Waals surface area contributed by atoms with Crippen molar-refractivity contribution in [2.24, 2.45) is 0 Å². The zero-order chi connectivity index (χ0) is 14.0. The van der Waals surface area contributed by atoms with Crippen LogP contribution in [0.2, 0.25) is 0 Å². The summed E-state index contributed by atoms with van der Waals surface area (Å²) in [5.74, 6) is -1.26. The molecular formula is C11H9F3N2O3. The Labute approximate surface area is 105 Å². The predicted octanol–water partition coefficient (Wildman–Crippen LogP) is 2.41. The maximum atomic E-state index is 12.1. The van der Waals surface area contributed by atoms with E-state index in [0.29, 0.717) is 5.52 Å². The Kier molecular flexibility index (Phi) is 3.32. The van der Waals surface area contributed by atoms with E-state index in [0.717, 1.165) is 12.3 Å². The molecule has 2 heterocycles. The Balaban J connectivity index is 2.40. The lowest BCUT2D eigenvalue weighted by atomic mass is 10.4. The SMILES string of the molecule is CCOC(=O)c1ncc2ccc(OC(F)(F)F)cn12. The Bertz CT molecular complexity index is 607. The van der Waals surface area contributed by atoms with E-state index in [1.807, 2.05) is 0 Å². The molecule has 2 aromatic heterocycles. The Hall–Kier alpha value is -2.25. The van der Waals surface area contributed by atoms with E-state index >= 15 is 0 Å². The van der Waals surface area contributed by atoms with E-state index in [2.05, 4.69) is 9.72 Å². The molecule has 0 amide bonds. The van der Waals surface area contributed by atoms with Gasteiger partial charge in [0.15, 0.2) is 0 Å². The second kappa shape index (κ2) is 4.79. The summed E-state index contributed by atoms with van der Waals surface area (Å²) in [6.45, 7) is 1.76. The molecule has 0 fully saturated rings. The van der Waals surface area contributed by atoms with Crippen LogP contribution in [0.15, 0.2) is 24.5 Å². The summed E-state index contributed by atoms with van der Waals surface area (Å²) in [7, 11) is 0. The van der Waals surface area contributed by atoms with Crippen LogP contribution in [0.1, 0.15) is 17.5 Å². The molecule has 0 atom stereocenters. The summed E-state index contributed by atoms with van der Waals surface area (Å²) >= 11 is 0. The fraction of sp³-hybridized carbons (Fsp3) is 0.273. The fourth-order valence-electron chi connectivity index (χ4n) is 1.51. The number of aromatic nitrogens is 2. The topological polar surface area (TPSA) is 52.8 Å². The Morgan fingerprint density at radius 1 is 1.42 bits per heavy atom. The predicted molar refractivity (Wildman–Crippen MR) is 57.8 cm³/mol. The number of esters is 1. The van der Waals surface area contributed by atoms with Gasteiger partial charge in [-0.25, -0.2) is 9.78 Å². The quantitative estimate of drug-likeness (QED) is 0.806. The summed E-state index contributed by atoms with van der Waals surface area (Å²) in [5, 5.41) is 0. The lowest BCUT2D eigenvalue weighted by Gasteiger charge is -2.09. The summed E-state index contributed by atoms with van der Waals surface area (Å²) in [6, 6.07) is 2.50. The summed E-state index contributed by atoms with van der Waals surface area (Å²) < 4.78 is 46.0. The standard InChI is InChI=1S/C11H9F3N2O3/c1-2-18-10(17)9-15-5-7-3-4-8(6-16(7)9)19-11(12,13)14/h3-6H,2H2,1H3. The number of halogens is 3. The largest absolute Gasteiger partial charge is 0.573 e. The molecular weight excluding hydrogens is 265 g/mol. The Morgan fingerprint density at radius 2 is 2.16 bits per heavy atom. The second-order valence-corrected chi connectivity index (χ2v) is 3.51. The molecule has 8 heteroatoms. The smallest absolute Gasteiger partial charge is 0.460 e. The van der Waals surface area contributed by atoms with E-state index in [9.17, 15) is 18.0 Å². The van der Waals surface area contributed by atoms with Crippen LogP contribution in [-0.2, 0) is 4.74 Å². The number of carbonyl (C=O) groups is 1. The van der Waals surface area contributed by atoms with Gasteiger partial charge in [0.25, 0.3) is 0 Å². The van der Waals surface area contributed by atoms with Crippen LogP contribution in [0.3, 0.4) is 0 Å². The van der Waals surface area contributed by atoms with E-state index in [1.54, 1.807) is 6.92 Å². The van der Waals surface area contributed by atoms with Gasteiger partial charge in [0.2, 0.25) is 5.82 Å². The molecule has 0 saturated carbocycles. The summed E-state index contributed by atoms with van der Waals surface area (Å²) in [4.78, 5) is 15.4. The molecule has 0 aliphatic rings. The molecule has 0 aliphatic carbocycles. The Morgan fingerprint density at radius 3 is 2.79 bits per heavy atom. The molecule has 2 aromatic rings. The van der Waals surface area contributed by atoms with Crippen molar-refractivity contribution in [1.82, 2.24) is 9.38 Å². The van der Waals surface area contributed by atoms with Crippen LogP contribution >= 0.6 is 0 Å². The van der Waals surface area contributed by atoms with Gasteiger partial charge in [-0.05, 0) is 19.1 Å². The average molecular weight is 274 g/mol. The van der Waals surface area contributed by atoms with Crippen LogP contribution in [0.5, 0.6) is 5.75 Å². The van der Waals surface area contributed by atoms with Crippen LogP contribution in [0, 0.1) is 0 Å². The van der Waals surface area contributed by atoms with Crippen molar-refractivity contribution in [1.29, 1.82) is 0 Å². The molecule has 0 aliphatic heterocycles. The van der Waals surface area contributed by atoms with Gasteiger partial charge in [-0.3, -0.25) is 4.40 Å². The minimum atomic E-state index is -4.79. The molecule has 0 spiro atoms. The molecule has 102 valence electrons. The molecule has 2 rings (SSSR count). The van der Waals surface area contributed by atoms with Crippen molar-refractivity contribution in [2.75, 3.05) is 6.61 Å². The van der Waals surface area contributed by atoms with Gasteiger partial charge in [0, 0.05) is 0 Å². The minimum absolute atomic E-state index is 0.107. The number of imidazole rings is 1. The third-order valence-corrected chi connectivity index (χ3v) is 2.19. The number of nitrogens with zero attached hydrogens (tertiary/aromatic N) is 2. The number of ether oxygens (including phenoxy) is 2. The molecule has 0 unspecified atom stereocenters. The number of fused-ring (bicyclic) bond motifs is 1. The number of hydrogen-bond acceptors (Lipinski definition) is 4. The molecule has 5 nitrogen and oxygen atoms in total. The normalized spacial score (nSPS) is 11.6. The molecule has 0 radical (unpaired) electrons. The van der Waals surface area contributed by atoms with Crippen molar-refractivity contribution >= 4 is 11.5 Å². The summed E-state index contributed by atoms with van der Waals surface area (Å²) in [6.07, 6.45) is -2.41. The van der Waals surface area contributed by atoms with Crippen molar-refractivity contribution in [2.45, 2.75) is 13.3 Å². The third-order valence-electron chi connectivity index (χ3n) is 2.19. The molecule has 19 heavy (non-hydrogen) atoms. The van der Waals surface area contributed by atoms with E-state index in [1.165, 1.54) is 16.7 Å². The number of alkyl halides is 3. The zero-order valence-corrected chi connectivity index (χ0v) is 9.77. The van der Waals surface area contributed by atoms with Crippen LogP contribution in [0.25, 0.3) is 5.52 Å². The van der Waals surface area contributed by atoms with Gasteiger partial charge in [0.1, 0.15) is 5.75 Å². The van der Waals surface area contributed by atoms with Crippen molar-refractivity contribution < 1.29 is 27.4 Å². The lowest BCUT2D eigenvalue weighted by molar-refractivity contribution is -0.274. The van der Waals surface area contributed by atoms with Crippen molar-refractivity contribution in [3.63, 3.8) is 0 Å². The number of carbonyl (C=O) groups excluding carboxylic acids is 1. The number of rotatable bonds is 3. The fourth-order valence-corrected chi connectivity index (χ4v) is 1.51. The summed E-state index contributed by atoms with van der Waals surface area (Å²) in [5.41, 5.74) is 0.456. The third kappa shape index (κ3) is 2.95. The number of hydrogen-bond donors (Lipinski definition) is 0. The molecule has 0 N–H and O–H groups in total. The highest BCUT2D eigenvalue weighted by Gasteiger charge is 2.31. The van der Waals surface area contributed by atoms with Gasteiger partial charge >= 0.3 is 12.3 Å². The van der Waals surface area contributed by atoms with Gasteiger partial charge in [-0.2, -0.15) is 0 Å². The maximum absolute atomic E-state index is 12.1. The van der Waals surface area contributed by atoms with Crippen molar-refractivity contribution in [3.8, 4) is 5.75 Å². The lowest BCUT2D eigenvalue weighted by Crippen LogP contribution is -2.17. The van der Waals surface area contributed by atoms with Gasteiger partial charge in [-0.1, -0.05) is 0 Å².